The molecule has 1 aliphatic heterocycles. The molecular formula is C20H22N6O3S. The first-order chi connectivity index (χ1) is 14.4. The van der Waals surface area contributed by atoms with Crippen LogP contribution in [0.5, 0.6) is 0 Å². The maximum atomic E-state index is 12.6. The first-order valence-electron chi connectivity index (χ1n) is 9.58. The number of amides is 2. The first-order valence-corrected chi connectivity index (χ1v) is 10.4. The predicted octanol–water partition coefficient (Wildman–Crippen LogP) is 1.92. The van der Waals surface area contributed by atoms with Crippen molar-refractivity contribution in [2.24, 2.45) is 0 Å². The molecule has 0 atom stereocenters. The van der Waals surface area contributed by atoms with Gasteiger partial charge in [0.05, 0.1) is 41.3 Å². The van der Waals surface area contributed by atoms with Gasteiger partial charge in [-0.2, -0.15) is 0 Å². The van der Waals surface area contributed by atoms with E-state index in [-0.39, 0.29) is 0 Å². The smallest absolute Gasteiger partial charge is 0.281 e. The highest BCUT2D eigenvalue weighted by atomic mass is 32.1. The van der Waals surface area contributed by atoms with Gasteiger partial charge >= 0.3 is 0 Å². The normalized spacial score (nSPS) is 14.0. The van der Waals surface area contributed by atoms with Crippen LogP contribution in [0.25, 0.3) is 11.0 Å². The van der Waals surface area contributed by atoms with Gasteiger partial charge in [0.1, 0.15) is 4.88 Å². The Morgan fingerprint density at radius 1 is 0.933 bits per heavy atom. The molecule has 156 valence electrons. The molecule has 4 rings (SSSR count). The van der Waals surface area contributed by atoms with Crippen molar-refractivity contribution in [2.75, 3.05) is 31.2 Å². The van der Waals surface area contributed by atoms with Crippen molar-refractivity contribution in [3.05, 3.63) is 45.7 Å². The summed E-state index contributed by atoms with van der Waals surface area (Å²) in [6.07, 6.45) is 0. The molecule has 2 N–H and O–H groups in total. The number of carbonyl (C=O) groups excluding carboxylic acids is 2. The maximum absolute atomic E-state index is 12.6. The number of fused-ring (bicyclic) bond motifs is 1. The molecule has 3 heterocycles. The number of ether oxygens (including phenoxy) is 1. The zero-order valence-electron chi connectivity index (χ0n) is 17.0. The summed E-state index contributed by atoms with van der Waals surface area (Å²) in [4.78, 5) is 41.1. The fourth-order valence-corrected chi connectivity index (χ4v) is 4.11. The predicted molar refractivity (Wildman–Crippen MR) is 114 cm³/mol. The van der Waals surface area contributed by atoms with Crippen LogP contribution >= 0.6 is 11.3 Å². The Morgan fingerprint density at radius 2 is 1.60 bits per heavy atom. The number of nitrogens with zero attached hydrogens (tertiary/aromatic N) is 4. The van der Waals surface area contributed by atoms with Crippen LogP contribution in [-0.4, -0.2) is 53.1 Å². The second-order valence-corrected chi connectivity index (χ2v) is 7.99. The van der Waals surface area contributed by atoms with Gasteiger partial charge < -0.3 is 9.64 Å². The van der Waals surface area contributed by atoms with Crippen molar-refractivity contribution in [3.63, 3.8) is 0 Å². The molecule has 0 aliphatic carbocycles. The summed E-state index contributed by atoms with van der Waals surface area (Å²) in [5.41, 5.74) is 8.96. The molecule has 1 saturated heterocycles. The van der Waals surface area contributed by atoms with Crippen molar-refractivity contribution >= 4 is 39.3 Å². The van der Waals surface area contributed by atoms with E-state index in [1.54, 1.807) is 25.1 Å². The van der Waals surface area contributed by atoms with Gasteiger partial charge in [-0.05, 0) is 39.0 Å². The second-order valence-electron chi connectivity index (χ2n) is 7.02. The maximum Gasteiger partial charge on any atom is 0.281 e. The monoisotopic (exact) mass is 426 g/mol. The molecule has 2 aromatic heterocycles. The van der Waals surface area contributed by atoms with Crippen LogP contribution in [0.3, 0.4) is 0 Å². The average Bonchev–Trinajstić information content (AvgIpc) is 3.14. The molecule has 10 heteroatoms. The Morgan fingerprint density at radius 3 is 2.33 bits per heavy atom. The fraction of sp³-hybridized carbons (Fsp3) is 0.350. The minimum absolute atomic E-state index is 0.385. The molecule has 3 aromatic rings. The van der Waals surface area contributed by atoms with Gasteiger partial charge in [0.25, 0.3) is 11.8 Å². The fourth-order valence-electron chi connectivity index (χ4n) is 3.10. The SMILES string of the molecule is Cc1nc2ccc(C(=O)NNC(=O)c3sc(N4CCOCC4)nc3C)cc2nc1C. The summed E-state index contributed by atoms with van der Waals surface area (Å²) >= 11 is 1.30. The van der Waals surface area contributed by atoms with E-state index in [9.17, 15) is 9.59 Å². The number of benzene rings is 1. The molecule has 0 spiro atoms. The van der Waals surface area contributed by atoms with E-state index >= 15 is 0 Å². The number of rotatable bonds is 3. The van der Waals surface area contributed by atoms with E-state index < -0.39 is 11.8 Å². The van der Waals surface area contributed by atoms with Crippen LogP contribution in [0, 0.1) is 20.8 Å². The van der Waals surface area contributed by atoms with E-state index in [2.05, 4.69) is 30.7 Å². The molecule has 0 saturated carbocycles. The number of aromatic nitrogens is 3. The van der Waals surface area contributed by atoms with Crippen LogP contribution in [0.4, 0.5) is 5.13 Å². The zero-order valence-corrected chi connectivity index (χ0v) is 17.8. The van der Waals surface area contributed by atoms with Gasteiger partial charge in [-0.15, -0.1) is 0 Å². The summed E-state index contributed by atoms with van der Waals surface area (Å²) in [6, 6.07) is 5.06. The number of aryl methyl sites for hydroxylation is 3. The molecule has 2 amide bonds. The van der Waals surface area contributed by atoms with E-state index in [0.717, 1.165) is 35.1 Å². The minimum Gasteiger partial charge on any atom is -0.378 e. The molecule has 9 nitrogen and oxygen atoms in total. The highest BCUT2D eigenvalue weighted by molar-refractivity contribution is 7.17. The van der Waals surface area contributed by atoms with Gasteiger partial charge in [-0.25, -0.2) is 15.0 Å². The third-order valence-corrected chi connectivity index (χ3v) is 6.12. The number of hydrogen-bond donors (Lipinski definition) is 2. The lowest BCUT2D eigenvalue weighted by molar-refractivity contribution is 0.0848. The topological polar surface area (TPSA) is 109 Å². The summed E-state index contributed by atoms with van der Waals surface area (Å²) in [6.45, 7) is 8.32. The molecular weight excluding hydrogens is 404 g/mol. The van der Waals surface area contributed by atoms with Crippen LogP contribution in [0.15, 0.2) is 18.2 Å². The molecule has 1 aliphatic rings. The first kappa shape index (κ1) is 20.2. The van der Waals surface area contributed by atoms with E-state index in [0.29, 0.717) is 34.9 Å². The minimum atomic E-state index is -0.430. The molecule has 0 unspecified atom stereocenters. The number of hydrazine groups is 1. The van der Waals surface area contributed by atoms with E-state index in [1.165, 1.54) is 11.3 Å². The molecule has 0 radical (unpaired) electrons. The lowest BCUT2D eigenvalue weighted by atomic mass is 10.1. The summed E-state index contributed by atoms with van der Waals surface area (Å²) in [5, 5.41) is 0.783. The van der Waals surface area contributed by atoms with Crippen LogP contribution < -0.4 is 15.8 Å². The lowest BCUT2D eigenvalue weighted by Crippen LogP contribution is -2.41. The van der Waals surface area contributed by atoms with Gasteiger partial charge in [-0.1, -0.05) is 11.3 Å². The summed E-state index contributed by atoms with van der Waals surface area (Å²) in [7, 11) is 0. The van der Waals surface area contributed by atoms with Crippen molar-refractivity contribution < 1.29 is 14.3 Å². The standard InChI is InChI=1S/C20H22N6O3S/c1-11-12(2)22-16-10-14(4-5-15(16)21-11)18(27)24-25-19(28)17-13(3)23-20(30-17)26-6-8-29-9-7-26/h4-5,10H,6-9H2,1-3H3,(H,24,27)(H,25,28). The van der Waals surface area contributed by atoms with Crippen molar-refractivity contribution in [3.8, 4) is 0 Å². The van der Waals surface area contributed by atoms with Crippen molar-refractivity contribution in [2.45, 2.75) is 20.8 Å². The van der Waals surface area contributed by atoms with Gasteiger partial charge in [-0.3, -0.25) is 20.4 Å². The Bertz CT molecular complexity index is 1120. The van der Waals surface area contributed by atoms with Gasteiger partial charge in [0, 0.05) is 18.7 Å². The molecule has 1 fully saturated rings. The van der Waals surface area contributed by atoms with Crippen molar-refractivity contribution in [1.82, 2.24) is 25.8 Å². The average molecular weight is 427 g/mol. The Labute approximate surface area is 177 Å². The number of thiazole rings is 1. The summed E-state index contributed by atoms with van der Waals surface area (Å²) in [5.74, 6) is -0.828. The number of nitrogens with one attached hydrogen (secondary N) is 2. The molecule has 1 aromatic carbocycles. The van der Waals surface area contributed by atoms with E-state index in [4.69, 9.17) is 4.74 Å². The quantitative estimate of drug-likeness (QED) is 0.616. The number of anilines is 1. The van der Waals surface area contributed by atoms with Crippen LogP contribution in [-0.2, 0) is 4.74 Å². The zero-order chi connectivity index (χ0) is 21.3. The third-order valence-electron chi connectivity index (χ3n) is 4.90. The Hall–Kier alpha value is -3.11. The van der Waals surface area contributed by atoms with E-state index in [1.807, 2.05) is 13.8 Å². The molecule has 30 heavy (non-hydrogen) atoms. The number of carbonyl (C=O) groups is 2. The highest BCUT2D eigenvalue weighted by Crippen LogP contribution is 2.26. The summed E-state index contributed by atoms with van der Waals surface area (Å²) < 4.78 is 5.35. The van der Waals surface area contributed by atoms with Crippen LogP contribution in [0.1, 0.15) is 37.1 Å². The largest absolute Gasteiger partial charge is 0.378 e. The van der Waals surface area contributed by atoms with Gasteiger partial charge in [0.2, 0.25) is 0 Å². The highest BCUT2D eigenvalue weighted by Gasteiger charge is 2.21. The second kappa shape index (κ2) is 8.33. The number of hydrogen-bond acceptors (Lipinski definition) is 8. The van der Waals surface area contributed by atoms with Gasteiger partial charge in [0.15, 0.2) is 5.13 Å². The Kier molecular flexibility index (Phi) is 5.60. The lowest BCUT2D eigenvalue weighted by Gasteiger charge is -2.25. The Balaban J connectivity index is 1.43. The third kappa shape index (κ3) is 4.10. The van der Waals surface area contributed by atoms with Crippen LogP contribution in [0.2, 0.25) is 0 Å². The van der Waals surface area contributed by atoms with Crippen molar-refractivity contribution in [1.29, 1.82) is 0 Å². The number of morpholine rings is 1. The molecule has 0 bridgehead atoms.